The van der Waals surface area contributed by atoms with Crippen molar-refractivity contribution in [3.8, 4) is 6.07 Å². The minimum Gasteiger partial charge on any atom is -0.338 e. The third-order valence-corrected chi connectivity index (χ3v) is 4.01. The molecule has 1 aliphatic rings. The van der Waals surface area contributed by atoms with Crippen LogP contribution in [0.25, 0.3) is 0 Å². The highest BCUT2D eigenvalue weighted by Gasteiger charge is 2.35. The van der Waals surface area contributed by atoms with Crippen molar-refractivity contribution >= 4 is 21.8 Å². The van der Waals surface area contributed by atoms with Gasteiger partial charge in [0.05, 0.1) is 17.0 Å². The average Bonchev–Trinajstić information content (AvgIpc) is 2.83. The van der Waals surface area contributed by atoms with Gasteiger partial charge in [-0.3, -0.25) is 4.79 Å². The number of nitrogens with zero attached hydrogens (tertiary/aromatic N) is 1. The first-order chi connectivity index (χ1) is 9.04. The van der Waals surface area contributed by atoms with E-state index in [4.69, 9.17) is 0 Å². The van der Waals surface area contributed by atoms with Crippen LogP contribution < -0.4 is 5.32 Å². The van der Waals surface area contributed by atoms with E-state index in [2.05, 4.69) is 27.3 Å². The molecule has 2 rings (SSSR count). The number of halogens is 2. The van der Waals surface area contributed by atoms with Gasteiger partial charge < -0.3 is 5.32 Å². The zero-order chi connectivity index (χ0) is 13.9. The number of amides is 1. The fourth-order valence-electron chi connectivity index (χ4n) is 2.39. The second-order valence-corrected chi connectivity index (χ2v) is 5.73. The highest BCUT2D eigenvalue weighted by atomic mass is 79.9. The maximum absolute atomic E-state index is 13.1. The van der Waals surface area contributed by atoms with Crippen molar-refractivity contribution in [3.63, 3.8) is 0 Å². The Bertz CT molecular complexity index is 533. The minimum absolute atomic E-state index is 0.155. The zero-order valence-corrected chi connectivity index (χ0v) is 12.0. The Morgan fingerprint density at radius 1 is 1.47 bits per heavy atom. The van der Waals surface area contributed by atoms with Gasteiger partial charge in [-0.15, -0.1) is 0 Å². The molecule has 1 aromatic carbocycles. The molecule has 1 saturated carbocycles. The molecule has 0 aliphatic heterocycles. The Balaban J connectivity index is 2.01. The summed E-state index contributed by atoms with van der Waals surface area (Å²) in [5.74, 6) is -0.546. The second kappa shape index (κ2) is 5.70. The molecule has 0 bridgehead atoms. The van der Waals surface area contributed by atoms with Gasteiger partial charge >= 0.3 is 0 Å². The van der Waals surface area contributed by atoms with Crippen molar-refractivity contribution in [3.05, 3.63) is 34.1 Å². The van der Waals surface area contributed by atoms with Crippen LogP contribution in [-0.2, 0) is 11.2 Å². The van der Waals surface area contributed by atoms with Gasteiger partial charge in [-0.1, -0.05) is 6.07 Å². The van der Waals surface area contributed by atoms with Crippen LogP contribution in [0.4, 0.5) is 4.39 Å². The molecule has 0 atom stereocenters. The van der Waals surface area contributed by atoms with Crippen LogP contribution in [0.2, 0.25) is 0 Å². The summed E-state index contributed by atoms with van der Waals surface area (Å²) >= 11 is 3.09. The molecule has 0 heterocycles. The quantitative estimate of drug-likeness (QED) is 0.928. The molecule has 0 spiro atoms. The molecule has 0 saturated heterocycles. The third-order valence-electron chi connectivity index (χ3n) is 3.40. The number of benzene rings is 1. The van der Waals surface area contributed by atoms with Crippen molar-refractivity contribution in [2.24, 2.45) is 0 Å². The van der Waals surface area contributed by atoms with Crippen LogP contribution in [-0.4, -0.2) is 11.4 Å². The Labute approximate surface area is 119 Å². The Kier molecular flexibility index (Phi) is 4.20. The summed E-state index contributed by atoms with van der Waals surface area (Å²) in [6.45, 7) is 0. The number of nitrogens with one attached hydrogen (secondary N) is 1. The van der Waals surface area contributed by atoms with Gasteiger partial charge in [0.25, 0.3) is 0 Å². The normalized spacial score (nSPS) is 16.9. The molecule has 5 heteroatoms. The molecule has 0 aromatic heterocycles. The molecule has 3 nitrogen and oxygen atoms in total. The molecule has 1 fully saturated rings. The molecule has 19 heavy (non-hydrogen) atoms. The SMILES string of the molecule is N#CC1(NC(=O)Cc2ccc(F)c(Br)c2)CCCC1. The largest absolute Gasteiger partial charge is 0.338 e. The smallest absolute Gasteiger partial charge is 0.225 e. The third kappa shape index (κ3) is 3.32. The lowest BCUT2D eigenvalue weighted by Gasteiger charge is -2.21. The van der Waals surface area contributed by atoms with Crippen molar-refractivity contribution in [2.45, 2.75) is 37.6 Å². The fraction of sp³-hybridized carbons (Fsp3) is 0.429. The molecule has 1 aromatic rings. The van der Waals surface area contributed by atoms with Gasteiger partial charge in [-0.05, 0) is 59.3 Å². The molecule has 0 radical (unpaired) electrons. The summed E-state index contributed by atoms with van der Waals surface area (Å²) in [4.78, 5) is 12.0. The minimum atomic E-state index is -0.700. The van der Waals surface area contributed by atoms with Gasteiger partial charge in [0.15, 0.2) is 0 Å². The molecule has 1 aliphatic carbocycles. The average molecular weight is 325 g/mol. The van der Waals surface area contributed by atoms with Gasteiger partial charge in [-0.2, -0.15) is 5.26 Å². The molecule has 1 N–H and O–H groups in total. The Morgan fingerprint density at radius 2 is 2.16 bits per heavy atom. The summed E-state index contributed by atoms with van der Waals surface area (Å²) in [6, 6.07) is 6.70. The first-order valence-electron chi connectivity index (χ1n) is 6.21. The van der Waals surface area contributed by atoms with Crippen LogP contribution >= 0.6 is 15.9 Å². The Hall–Kier alpha value is -1.41. The van der Waals surface area contributed by atoms with E-state index in [0.717, 1.165) is 18.4 Å². The van der Waals surface area contributed by atoms with E-state index in [0.29, 0.717) is 17.3 Å². The van der Waals surface area contributed by atoms with E-state index in [9.17, 15) is 14.4 Å². The molecule has 0 unspecified atom stereocenters. The van der Waals surface area contributed by atoms with E-state index in [1.807, 2.05) is 0 Å². The van der Waals surface area contributed by atoms with Crippen molar-refractivity contribution in [1.82, 2.24) is 5.32 Å². The topological polar surface area (TPSA) is 52.9 Å². The lowest BCUT2D eigenvalue weighted by Crippen LogP contribution is -2.45. The number of rotatable bonds is 3. The van der Waals surface area contributed by atoms with Crippen LogP contribution in [0.1, 0.15) is 31.2 Å². The molecular weight excluding hydrogens is 311 g/mol. The van der Waals surface area contributed by atoms with Crippen LogP contribution in [0.3, 0.4) is 0 Å². The van der Waals surface area contributed by atoms with Crippen molar-refractivity contribution in [2.75, 3.05) is 0 Å². The lowest BCUT2D eigenvalue weighted by atomic mass is 9.99. The van der Waals surface area contributed by atoms with Crippen LogP contribution in [0.5, 0.6) is 0 Å². The number of carbonyl (C=O) groups is 1. The fourth-order valence-corrected chi connectivity index (χ4v) is 2.82. The zero-order valence-electron chi connectivity index (χ0n) is 10.4. The van der Waals surface area contributed by atoms with E-state index in [1.165, 1.54) is 6.07 Å². The van der Waals surface area contributed by atoms with Gasteiger partial charge in [-0.25, -0.2) is 4.39 Å². The Morgan fingerprint density at radius 3 is 2.74 bits per heavy atom. The van der Waals surface area contributed by atoms with Gasteiger partial charge in [0.1, 0.15) is 11.4 Å². The summed E-state index contributed by atoms with van der Waals surface area (Å²) < 4.78 is 13.4. The first kappa shape index (κ1) is 14.0. The van der Waals surface area contributed by atoms with Crippen LogP contribution in [0, 0.1) is 17.1 Å². The highest BCUT2D eigenvalue weighted by Crippen LogP contribution is 2.29. The van der Waals surface area contributed by atoms with E-state index >= 15 is 0 Å². The van der Waals surface area contributed by atoms with Gasteiger partial charge in [0.2, 0.25) is 5.91 Å². The van der Waals surface area contributed by atoms with E-state index < -0.39 is 5.54 Å². The van der Waals surface area contributed by atoms with Gasteiger partial charge in [0, 0.05) is 0 Å². The standard InChI is InChI=1S/C14H14BrFN2O/c15-11-7-10(3-4-12(11)16)8-13(19)18-14(9-17)5-1-2-6-14/h3-4,7H,1-2,5-6,8H2,(H,18,19). The first-order valence-corrected chi connectivity index (χ1v) is 7.00. The van der Waals surface area contributed by atoms with Crippen LogP contribution in [0.15, 0.2) is 22.7 Å². The van der Waals surface area contributed by atoms with E-state index in [1.54, 1.807) is 12.1 Å². The monoisotopic (exact) mass is 324 g/mol. The highest BCUT2D eigenvalue weighted by molar-refractivity contribution is 9.10. The van der Waals surface area contributed by atoms with E-state index in [-0.39, 0.29) is 18.1 Å². The molecular formula is C14H14BrFN2O. The number of nitriles is 1. The van der Waals surface area contributed by atoms with Crippen molar-refractivity contribution in [1.29, 1.82) is 5.26 Å². The number of carbonyl (C=O) groups excluding carboxylic acids is 1. The molecule has 100 valence electrons. The second-order valence-electron chi connectivity index (χ2n) is 4.87. The lowest BCUT2D eigenvalue weighted by molar-refractivity contribution is -0.121. The number of hydrogen-bond acceptors (Lipinski definition) is 2. The maximum atomic E-state index is 13.1. The predicted octanol–water partition coefficient (Wildman–Crippen LogP) is 3.08. The summed E-state index contributed by atoms with van der Waals surface area (Å²) in [6.07, 6.45) is 3.51. The summed E-state index contributed by atoms with van der Waals surface area (Å²) in [5.41, 5.74) is 0.0193. The molecule has 1 amide bonds. The van der Waals surface area contributed by atoms with Crippen molar-refractivity contribution < 1.29 is 9.18 Å². The number of hydrogen-bond donors (Lipinski definition) is 1. The summed E-state index contributed by atoms with van der Waals surface area (Å²) in [5, 5.41) is 12.0. The maximum Gasteiger partial charge on any atom is 0.225 e. The predicted molar refractivity (Wildman–Crippen MR) is 72.8 cm³/mol. The summed E-state index contributed by atoms with van der Waals surface area (Å²) in [7, 11) is 0.